The SMILES string of the molecule is C=C(C)C(=O)c1ccc(OC(C)C)c(F)c1. The van der Waals surface area contributed by atoms with Gasteiger partial charge in [0.25, 0.3) is 0 Å². The van der Waals surface area contributed by atoms with Crippen molar-refractivity contribution in [3.63, 3.8) is 0 Å². The van der Waals surface area contributed by atoms with Crippen molar-refractivity contribution in [2.75, 3.05) is 0 Å². The molecule has 0 unspecified atom stereocenters. The van der Waals surface area contributed by atoms with Crippen LogP contribution in [0.3, 0.4) is 0 Å². The van der Waals surface area contributed by atoms with Gasteiger partial charge in [-0.05, 0) is 44.5 Å². The lowest BCUT2D eigenvalue weighted by molar-refractivity contribution is 0.103. The van der Waals surface area contributed by atoms with E-state index in [4.69, 9.17) is 4.74 Å². The molecule has 0 bridgehead atoms. The number of halogens is 1. The second-order valence-corrected chi connectivity index (χ2v) is 3.92. The first-order valence-corrected chi connectivity index (χ1v) is 5.08. The number of hydrogen-bond donors (Lipinski definition) is 0. The van der Waals surface area contributed by atoms with Crippen molar-refractivity contribution >= 4 is 5.78 Å². The number of allylic oxidation sites excluding steroid dienone is 1. The third-order valence-corrected chi connectivity index (χ3v) is 1.94. The number of carbonyl (C=O) groups excluding carboxylic acids is 1. The largest absolute Gasteiger partial charge is 0.488 e. The maximum Gasteiger partial charge on any atom is 0.188 e. The van der Waals surface area contributed by atoms with Crippen LogP contribution in [0.1, 0.15) is 31.1 Å². The van der Waals surface area contributed by atoms with Crippen molar-refractivity contribution in [3.05, 3.63) is 41.7 Å². The molecule has 0 aliphatic rings. The summed E-state index contributed by atoms with van der Waals surface area (Å²) in [6.45, 7) is 8.75. The summed E-state index contributed by atoms with van der Waals surface area (Å²) in [5.41, 5.74) is 0.679. The van der Waals surface area contributed by atoms with Gasteiger partial charge in [0.15, 0.2) is 17.3 Å². The van der Waals surface area contributed by atoms with E-state index in [2.05, 4.69) is 6.58 Å². The van der Waals surface area contributed by atoms with Gasteiger partial charge in [-0.3, -0.25) is 4.79 Å². The number of ketones is 1. The highest BCUT2D eigenvalue weighted by Gasteiger charge is 2.11. The smallest absolute Gasteiger partial charge is 0.188 e. The van der Waals surface area contributed by atoms with Crippen LogP contribution in [0.25, 0.3) is 0 Å². The maximum atomic E-state index is 13.5. The summed E-state index contributed by atoms with van der Waals surface area (Å²) < 4.78 is 18.8. The average molecular weight is 222 g/mol. The minimum atomic E-state index is -0.527. The molecule has 86 valence electrons. The molecule has 0 atom stereocenters. The van der Waals surface area contributed by atoms with Gasteiger partial charge in [0, 0.05) is 5.56 Å². The fraction of sp³-hybridized carbons (Fsp3) is 0.308. The van der Waals surface area contributed by atoms with Gasteiger partial charge < -0.3 is 4.74 Å². The predicted octanol–water partition coefficient (Wildman–Crippen LogP) is 3.37. The Bertz CT molecular complexity index is 422. The molecular formula is C13H15FO2. The molecule has 0 heterocycles. The number of Topliss-reactive ketones (excluding diaryl/α,β-unsaturated/α-hetero) is 1. The monoisotopic (exact) mass is 222 g/mol. The summed E-state index contributed by atoms with van der Waals surface area (Å²) in [6.07, 6.45) is -0.0998. The van der Waals surface area contributed by atoms with E-state index in [1.165, 1.54) is 18.2 Å². The summed E-state index contributed by atoms with van der Waals surface area (Å²) in [6, 6.07) is 4.18. The Balaban J connectivity index is 2.99. The van der Waals surface area contributed by atoms with E-state index in [0.717, 1.165) is 0 Å². The number of rotatable bonds is 4. The minimum Gasteiger partial charge on any atom is -0.488 e. The first-order chi connectivity index (χ1) is 7.41. The van der Waals surface area contributed by atoms with Crippen LogP contribution in [0, 0.1) is 5.82 Å². The molecule has 1 rings (SSSR count). The minimum absolute atomic E-state index is 0.0998. The Morgan fingerprint density at radius 3 is 2.50 bits per heavy atom. The number of carbonyl (C=O) groups is 1. The molecular weight excluding hydrogens is 207 g/mol. The first kappa shape index (κ1) is 12.4. The number of ether oxygens (including phenoxy) is 1. The highest BCUT2D eigenvalue weighted by Crippen LogP contribution is 2.20. The molecule has 0 saturated carbocycles. The molecule has 0 N–H and O–H groups in total. The fourth-order valence-electron chi connectivity index (χ4n) is 1.24. The van der Waals surface area contributed by atoms with E-state index < -0.39 is 5.82 Å². The molecule has 0 aliphatic heterocycles. The summed E-state index contributed by atoms with van der Waals surface area (Å²) in [5, 5.41) is 0. The Kier molecular flexibility index (Phi) is 3.82. The Morgan fingerprint density at radius 1 is 1.44 bits per heavy atom. The summed E-state index contributed by atoms with van der Waals surface area (Å²) in [4.78, 5) is 11.5. The van der Waals surface area contributed by atoms with Crippen molar-refractivity contribution in [1.82, 2.24) is 0 Å². The first-order valence-electron chi connectivity index (χ1n) is 5.08. The second kappa shape index (κ2) is 4.92. The molecule has 0 aromatic heterocycles. The number of benzene rings is 1. The van der Waals surface area contributed by atoms with Gasteiger partial charge in [-0.15, -0.1) is 0 Å². The van der Waals surface area contributed by atoms with E-state index >= 15 is 0 Å². The van der Waals surface area contributed by atoms with E-state index in [9.17, 15) is 9.18 Å². The molecule has 2 nitrogen and oxygen atoms in total. The third kappa shape index (κ3) is 2.92. The van der Waals surface area contributed by atoms with Crippen molar-refractivity contribution < 1.29 is 13.9 Å². The third-order valence-electron chi connectivity index (χ3n) is 1.94. The summed E-state index contributed by atoms with van der Waals surface area (Å²) >= 11 is 0. The molecule has 0 amide bonds. The van der Waals surface area contributed by atoms with Crippen molar-refractivity contribution in [3.8, 4) is 5.75 Å². The zero-order valence-corrected chi connectivity index (χ0v) is 9.71. The van der Waals surface area contributed by atoms with Gasteiger partial charge in [0.05, 0.1) is 6.10 Å². The lowest BCUT2D eigenvalue weighted by atomic mass is 10.1. The molecule has 0 saturated heterocycles. The Hall–Kier alpha value is -1.64. The van der Waals surface area contributed by atoms with Gasteiger partial charge in [0.1, 0.15) is 0 Å². The van der Waals surface area contributed by atoms with Crippen LogP contribution in [0.5, 0.6) is 5.75 Å². The van der Waals surface area contributed by atoms with Crippen LogP contribution in [-0.2, 0) is 0 Å². The predicted molar refractivity (Wildman–Crippen MR) is 61.3 cm³/mol. The quantitative estimate of drug-likeness (QED) is 0.576. The van der Waals surface area contributed by atoms with E-state index in [1.807, 2.05) is 13.8 Å². The molecule has 0 spiro atoms. The molecule has 16 heavy (non-hydrogen) atoms. The molecule has 3 heteroatoms. The molecule has 0 radical (unpaired) electrons. The van der Waals surface area contributed by atoms with E-state index in [-0.39, 0.29) is 17.6 Å². The van der Waals surface area contributed by atoms with Gasteiger partial charge in [0.2, 0.25) is 0 Å². The summed E-state index contributed by atoms with van der Waals surface area (Å²) in [7, 11) is 0. The standard InChI is InChI=1S/C13H15FO2/c1-8(2)13(15)10-5-6-12(11(14)7-10)16-9(3)4/h5-7,9H,1H2,2-4H3. The molecule has 1 aromatic carbocycles. The van der Waals surface area contributed by atoms with Gasteiger partial charge >= 0.3 is 0 Å². The Morgan fingerprint density at radius 2 is 2.06 bits per heavy atom. The Labute approximate surface area is 94.7 Å². The van der Waals surface area contributed by atoms with E-state index in [0.29, 0.717) is 11.1 Å². The van der Waals surface area contributed by atoms with Crippen LogP contribution < -0.4 is 4.74 Å². The fourth-order valence-corrected chi connectivity index (χ4v) is 1.24. The van der Waals surface area contributed by atoms with Crippen LogP contribution in [-0.4, -0.2) is 11.9 Å². The van der Waals surface area contributed by atoms with E-state index in [1.54, 1.807) is 6.92 Å². The number of hydrogen-bond acceptors (Lipinski definition) is 2. The molecule has 0 aliphatic carbocycles. The lowest BCUT2D eigenvalue weighted by Crippen LogP contribution is -2.08. The highest BCUT2D eigenvalue weighted by atomic mass is 19.1. The lowest BCUT2D eigenvalue weighted by Gasteiger charge is -2.11. The zero-order valence-electron chi connectivity index (χ0n) is 9.71. The summed E-state index contributed by atoms with van der Waals surface area (Å²) in [5.74, 6) is -0.621. The van der Waals surface area contributed by atoms with Gasteiger partial charge in [-0.1, -0.05) is 6.58 Å². The van der Waals surface area contributed by atoms with Crippen molar-refractivity contribution in [2.24, 2.45) is 0 Å². The normalized spacial score (nSPS) is 10.3. The molecule has 1 aromatic rings. The van der Waals surface area contributed by atoms with Gasteiger partial charge in [-0.2, -0.15) is 0 Å². The zero-order chi connectivity index (χ0) is 12.3. The van der Waals surface area contributed by atoms with Gasteiger partial charge in [-0.25, -0.2) is 4.39 Å². The second-order valence-electron chi connectivity index (χ2n) is 3.92. The highest BCUT2D eigenvalue weighted by molar-refractivity contribution is 6.07. The van der Waals surface area contributed by atoms with Crippen LogP contribution >= 0.6 is 0 Å². The molecule has 0 fully saturated rings. The van der Waals surface area contributed by atoms with Crippen LogP contribution in [0.4, 0.5) is 4.39 Å². The average Bonchev–Trinajstić information content (AvgIpc) is 2.19. The topological polar surface area (TPSA) is 26.3 Å². The van der Waals surface area contributed by atoms with Crippen LogP contribution in [0.15, 0.2) is 30.4 Å². The van der Waals surface area contributed by atoms with Crippen molar-refractivity contribution in [1.29, 1.82) is 0 Å². The van der Waals surface area contributed by atoms with Crippen molar-refractivity contribution in [2.45, 2.75) is 26.9 Å². The maximum absolute atomic E-state index is 13.5. The van der Waals surface area contributed by atoms with Crippen LogP contribution in [0.2, 0.25) is 0 Å².